The van der Waals surface area contributed by atoms with E-state index >= 15 is 0 Å². The highest BCUT2D eigenvalue weighted by Crippen LogP contribution is 2.21. The van der Waals surface area contributed by atoms with Gasteiger partial charge >= 0.3 is 0 Å². The highest BCUT2D eigenvalue weighted by molar-refractivity contribution is 6.06. The second-order valence-corrected chi connectivity index (χ2v) is 5.20. The summed E-state index contributed by atoms with van der Waals surface area (Å²) in [7, 11) is 0. The molecule has 3 rings (SSSR count). The van der Waals surface area contributed by atoms with Crippen LogP contribution in [-0.2, 0) is 4.79 Å². The van der Waals surface area contributed by atoms with Gasteiger partial charge in [-0.05, 0) is 42.8 Å². The number of nitrogens with zero attached hydrogens (tertiary/aromatic N) is 1. The summed E-state index contributed by atoms with van der Waals surface area (Å²) in [5, 5.41) is 3.80. The van der Waals surface area contributed by atoms with Gasteiger partial charge in [-0.15, -0.1) is 0 Å². The Hall–Kier alpha value is -3.01. The van der Waals surface area contributed by atoms with Gasteiger partial charge in [0.2, 0.25) is 5.91 Å². The quantitative estimate of drug-likeness (QED) is 0.732. The zero-order valence-electron chi connectivity index (χ0n) is 12.6. The third-order valence-corrected chi connectivity index (χ3v) is 3.41. The third kappa shape index (κ3) is 3.61. The lowest BCUT2D eigenvalue weighted by molar-refractivity contribution is -0.111. The fourth-order valence-electron chi connectivity index (χ4n) is 2.27. The van der Waals surface area contributed by atoms with Crippen LogP contribution in [0.3, 0.4) is 0 Å². The summed E-state index contributed by atoms with van der Waals surface area (Å²) in [6.07, 6.45) is 3.06. The van der Waals surface area contributed by atoms with E-state index < -0.39 is 0 Å². The summed E-state index contributed by atoms with van der Waals surface area (Å²) in [6.45, 7) is 1.91. The molecule has 2 aromatic carbocycles. The van der Waals surface area contributed by atoms with E-state index in [1.807, 2.05) is 37.3 Å². The minimum absolute atomic E-state index is 0.259. The topological polar surface area (TPSA) is 42.0 Å². The summed E-state index contributed by atoms with van der Waals surface area (Å²) in [5.74, 6) is -0.561. The van der Waals surface area contributed by atoms with Gasteiger partial charge in [-0.25, -0.2) is 4.39 Å². The van der Waals surface area contributed by atoms with Crippen LogP contribution in [0.15, 0.2) is 60.7 Å². The Balaban J connectivity index is 1.80. The predicted molar refractivity (Wildman–Crippen MR) is 90.5 cm³/mol. The normalized spacial score (nSPS) is 11.0. The lowest BCUT2D eigenvalue weighted by Gasteiger charge is -2.07. The van der Waals surface area contributed by atoms with E-state index in [0.29, 0.717) is 5.69 Å². The summed E-state index contributed by atoms with van der Waals surface area (Å²) in [4.78, 5) is 16.6. The number of halogens is 1. The molecule has 0 spiro atoms. The Morgan fingerprint density at radius 3 is 2.65 bits per heavy atom. The number of amides is 1. The molecular weight excluding hydrogens is 291 g/mol. The van der Waals surface area contributed by atoms with Crippen LogP contribution in [0.2, 0.25) is 0 Å². The fraction of sp³-hybridized carbons (Fsp3) is 0.0526. The van der Waals surface area contributed by atoms with Crippen molar-refractivity contribution in [3.63, 3.8) is 0 Å². The summed E-state index contributed by atoms with van der Waals surface area (Å²) >= 11 is 0. The SMILES string of the molecule is Cc1ccc2cccc(NC(=O)C=Cc3ccc(F)cc3)c2n1. The molecule has 1 amide bonds. The van der Waals surface area contributed by atoms with Gasteiger partial charge in [0.25, 0.3) is 0 Å². The van der Waals surface area contributed by atoms with Gasteiger partial charge in [0, 0.05) is 17.2 Å². The Morgan fingerprint density at radius 1 is 1.09 bits per heavy atom. The lowest BCUT2D eigenvalue weighted by atomic mass is 10.1. The molecule has 23 heavy (non-hydrogen) atoms. The minimum Gasteiger partial charge on any atom is -0.321 e. The van der Waals surface area contributed by atoms with E-state index in [1.54, 1.807) is 18.2 Å². The maximum Gasteiger partial charge on any atom is 0.248 e. The summed E-state index contributed by atoms with van der Waals surface area (Å²) in [5.41, 5.74) is 3.07. The first kappa shape index (κ1) is 14.9. The van der Waals surface area contributed by atoms with Crippen LogP contribution < -0.4 is 5.32 Å². The average molecular weight is 306 g/mol. The van der Waals surface area contributed by atoms with Gasteiger partial charge in [-0.2, -0.15) is 0 Å². The Labute approximate surface area is 133 Å². The number of carbonyl (C=O) groups excluding carboxylic acids is 1. The number of nitrogens with one attached hydrogen (secondary N) is 1. The van der Waals surface area contributed by atoms with E-state index in [1.165, 1.54) is 18.2 Å². The predicted octanol–water partition coefficient (Wildman–Crippen LogP) is 4.33. The van der Waals surface area contributed by atoms with Crippen molar-refractivity contribution in [3.8, 4) is 0 Å². The van der Waals surface area contributed by atoms with Crippen LogP contribution in [0, 0.1) is 12.7 Å². The van der Waals surface area contributed by atoms with Crippen LogP contribution >= 0.6 is 0 Å². The molecule has 0 saturated heterocycles. The molecule has 0 radical (unpaired) electrons. The molecule has 0 aliphatic heterocycles. The van der Waals surface area contributed by atoms with Crippen molar-refractivity contribution >= 4 is 28.6 Å². The molecule has 3 nitrogen and oxygen atoms in total. The molecule has 1 N–H and O–H groups in total. The van der Waals surface area contributed by atoms with Crippen LogP contribution in [0.5, 0.6) is 0 Å². The molecule has 114 valence electrons. The van der Waals surface area contributed by atoms with Gasteiger partial charge in [0.05, 0.1) is 11.2 Å². The average Bonchev–Trinajstić information content (AvgIpc) is 2.55. The number of rotatable bonds is 3. The molecule has 0 atom stereocenters. The number of para-hydroxylation sites is 1. The van der Waals surface area contributed by atoms with E-state index in [4.69, 9.17) is 0 Å². The van der Waals surface area contributed by atoms with Gasteiger partial charge in [0.1, 0.15) is 5.82 Å². The van der Waals surface area contributed by atoms with E-state index in [0.717, 1.165) is 22.2 Å². The molecule has 4 heteroatoms. The molecule has 0 saturated carbocycles. The summed E-state index contributed by atoms with van der Waals surface area (Å²) < 4.78 is 12.8. The number of benzene rings is 2. The van der Waals surface area contributed by atoms with Crippen LogP contribution in [0.4, 0.5) is 10.1 Å². The number of hydrogen-bond donors (Lipinski definition) is 1. The van der Waals surface area contributed by atoms with Gasteiger partial charge in [0.15, 0.2) is 0 Å². The second kappa shape index (κ2) is 6.40. The lowest BCUT2D eigenvalue weighted by Crippen LogP contribution is -2.08. The van der Waals surface area contributed by atoms with E-state index in [2.05, 4.69) is 10.3 Å². The second-order valence-electron chi connectivity index (χ2n) is 5.20. The zero-order valence-corrected chi connectivity index (χ0v) is 12.6. The van der Waals surface area contributed by atoms with E-state index in [9.17, 15) is 9.18 Å². The molecule has 0 bridgehead atoms. The third-order valence-electron chi connectivity index (χ3n) is 3.41. The molecular formula is C19H15FN2O. The monoisotopic (exact) mass is 306 g/mol. The Morgan fingerprint density at radius 2 is 1.87 bits per heavy atom. The number of pyridine rings is 1. The number of fused-ring (bicyclic) bond motifs is 1. The smallest absolute Gasteiger partial charge is 0.248 e. The summed E-state index contributed by atoms with van der Waals surface area (Å²) in [6, 6.07) is 15.5. The number of anilines is 1. The minimum atomic E-state index is -0.302. The van der Waals surface area contributed by atoms with Gasteiger partial charge < -0.3 is 5.32 Å². The molecule has 0 unspecified atom stereocenters. The largest absolute Gasteiger partial charge is 0.321 e. The van der Waals surface area contributed by atoms with Crippen LogP contribution in [0.1, 0.15) is 11.3 Å². The van der Waals surface area contributed by atoms with Gasteiger partial charge in [-0.1, -0.05) is 30.3 Å². The van der Waals surface area contributed by atoms with Crippen LogP contribution in [0.25, 0.3) is 17.0 Å². The zero-order chi connectivity index (χ0) is 16.2. The fourth-order valence-corrected chi connectivity index (χ4v) is 2.27. The first-order valence-electron chi connectivity index (χ1n) is 7.23. The maximum absolute atomic E-state index is 12.8. The molecule has 1 aromatic heterocycles. The maximum atomic E-state index is 12.8. The standard InChI is InChI=1S/C19H15FN2O/c1-13-5-9-15-3-2-4-17(19(15)21-13)22-18(23)12-8-14-6-10-16(20)11-7-14/h2-12H,1H3,(H,22,23). The highest BCUT2D eigenvalue weighted by atomic mass is 19.1. The number of carbonyl (C=O) groups is 1. The molecule has 1 heterocycles. The Bertz CT molecular complexity index is 886. The molecule has 0 aliphatic rings. The molecule has 3 aromatic rings. The number of aryl methyl sites for hydroxylation is 1. The first-order valence-corrected chi connectivity index (χ1v) is 7.23. The van der Waals surface area contributed by atoms with Crippen molar-refractivity contribution in [3.05, 3.63) is 77.7 Å². The van der Waals surface area contributed by atoms with Crippen molar-refractivity contribution < 1.29 is 9.18 Å². The molecule has 0 fully saturated rings. The van der Waals surface area contributed by atoms with Crippen molar-refractivity contribution in [1.82, 2.24) is 4.98 Å². The number of hydrogen-bond acceptors (Lipinski definition) is 2. The highest BCUT2D eigenvalue weighted by Gasteiger charge is 2.05. The number of aromatic nitrogens is 1. The van der Waals surface area contributed by atoms with Crippen LogP contribution in [-0.4, -0.2) is 10.9 Å². The van der Waals surface area contributed by atoms with Crippen molar-refractivity contribution in [2.75, 3.05) is 5.32 Å². The van der Waals surface area contributed by atoms with Crippen molar-refractivity contribution in [2.45, 2.75) is 6.92 Å². The van der Waals surface area contributed by atoms with Crippen molar-refractivity contribution in [2.24, 2.45) is 0 Å². The molecule has 0 aliphatic carbocycles. The first-order chi connectivity index (χ1) is 11.1. The van der Waals surface area contributed by atoms with E-state index in [-0.39, 0.29) is 11.7 Å². The van der Waals surface area contributed by atoms with Gasteiger partial charge in [-0.3, -0.25) is 9.78 Å². The van der Waals surface area contributed by atoms with Crippen molar-refractivity contribution in [1.29, 1.82) is 0 Å². The Kier molecular flexibility index (Phi) is 4.15.